The molecule has 10 rings (SSSR count). The Balaban J connectivity index is 1.18. The Kier molecular flexibility index (Phi) is 8.03. The van der Waals surface area contributed by atoms with Crippen LogP contribution >= 0.6 is 0 Å². The molecule has 57 heavy (non-hydrogen) atoms. The maximum Gasteiger partial charge on any atom is 0.0714 e. The van der Waals surface area contributed by atoms with E-state index in [1.54, 1.807) is 0 Å². The van der Waals surface area contributed by atoms with E-state index >= 15 is 0 Å². The lowest BCUT2D eigenvalue weighted by Crippen LogP contribution is -2.28. The quantitative estimate of drug-likeness (QED) is 0.164. The van der Waals surface area contributed by atoms with Crippen molar-refractivity contribution < 1.29 is 0 Å². The second-order valence-corrected chi connectivity index (χ2v) is 17.4. The van der Waals surface area contributed by atoms with Crippen molar-refractivity contribution >= 4 is 17.1 Å². The Morgan fingerprint density at radius 2 is 0.789 bits per heavy atom. The normalized spacial score (nSPS) is 14.3. The lowest BCUT2D eigenvalue weighted by atomic mass is 9.67. The first-order chi connectivity index (χ1) is 27.7. The molecule has 0 bridgehead atoms. The van der Waals surface area contributed by atoms with Crippen molar-refractivity contribution in [3.63, 3.8) is 0 Å². The predicted octanol–water partition coefficient (Wildman–Crippen LogP) is 14.8. The molecule has 8 aromatic carbocycles. The number of rotatable bonds is 6. The van der Waals surface area contributed by atoms with Crippen LogP contribution < -0.4 is 4.90 Å². The van der Waals surface area contributed by atoms with Crippen molar-refractivity contribution in [2.45, 2.75) is 50.9 Å². The topological polar surface area (TPSA) is 3.24 Å². The summed E-state index contributed by atoms with van der Waals surface area (Å²) in [6.07, 6.45) is 0. The molecule has 0 amide bonds. The molecule has 2 aliphatic rings. The van der Waals surface area contributed by atoms with Gasteiger partial charge < -0.3 is 4.90 Å². The summed E-state index contributed by atoms with van der Waals surface area (Å²) < 4.78 is 0. The molecular weight excluding hydrogens is 687 g/mol. The van der Waals surface area contributed by atoms with Gasteiger partial charge in [0.1, 0.15) is 0 Å². The highest BCUT2D eigenvalue weighted by molar-refractivity contribution is 5.91. The maximum absolute atomic E-state index is 2.47. The van der Waals surface area contributed by atoms with E-state index in [1.165, 1.54) is 72.3 Å². The van der Waals surface area contributed by atoms with E-state index < -0.39 is 5.41 Å². The first-order valence-corrected chi connectivity index (χ1v) is 20.3. The Morgan fingerprint density at radius 1 is 0.368 bits per heavy atom. The molecule has 1 heteroatoms. The van der Waals surface area contributed by atoms with Gasteiger partial charge in [0.2, 0.25) is 0 Å². The molecule has 0 aliphatic heterocycles. The maximum atomic E-state index is 2.47. The van der Waals surface area contributed by atoms with Gasteiger partial charge >= 0.3 is 0 Å². The summed E-state index contributed by atoms with van der Waals surface area (Å²) >= 11 is 0. The van der Waals surface area contributed by atoms with Gasteiger partial charge in [0.25, 0.3) is 0 Å². The van der Waals surface area contributed by atoms with Crippen molar-refractivity contribution in [2.24, 2.45) is 0 Å². The summed E-state index contributed by atoms with van der Waals surface area (Å²) in [5.74, 6) is 0. The molecule has 0 atom stereocenters. The number of hydrogen-bond acceptors (Lipinski definition) is 1. The number of anilines is 3. The molecule has 0 radical (unpaired) electrons. The minimum absolute atomic E-state index is 0.116. The SMILES string of the molecule is CC(C)(C)c1ccc(-c2ccc(N(c3ccc4c(c3)C(C)(C)c3ccccc3-4)c3ccc4c(c3)C(c3ccccc3)(c3ccccc3)c3ccccc3-4)cc2)cc1. The van der Waals surface area contributed by atoms with Crippen molar-refractivity contribution in [3.8, 4) is 33.4 Å². The van der Waals surface area contributed by atoms with Gasteiger partial charge in [-0.3, -0.25) is 0 Å². The zero-order valence-electron chi connectivity index (χ0n) is 33.4. The summed E-state index contributed by atoms with van der Waals surface area (Å²) in [5.41, 5.74) is 19.8. The van der Waals surface area contributed by atoms with E-state index in [1.807, 2.05) is 0 Å². The van der Waals surface area contributed by atoms with Gasteiger partial charge in [0, 0.05) is 22.5 Å². The molecule has 0 N–H and O–H groups in total. The third-order valence-corrected chi connectivity index (χ3v) is 12.7. The predicted molar refractivity (Wildman–Crippen MR) is 240 cm³/mol. The highest BCUT2D eigenvalue weighted by atomic mass is 15.1. The van der Waals surface area contributed by atoms with Gasteiger partial charge in [0.15, 0.2) is 0 Å². The summed E-state index contributed by atoms with van der Waals surface area (Å²) in [6.45, 7) is 11.5. The number of hydrogen-bond donors (Lipinski definition) is 0. The second-order valence-electron chi connectivity index (χ2n) is 17.4. The second kappa shape index (κ2) is 13.1. The molecular formula is C56H47N. The van der Waals surface area contributed by atoms with Crippen molar-refractivity contribution in [1.29, 1.82) is 0 Å². The molecule has 1 nitrogen and oxygen atoms in total. The molecule has 0 saturated heterocycles. The van der Waals surface area contributed by atoms with Crippen molar-refractivity contribution in [2.75, 3.05) is 4.90 Å². The third kappa shape index (κ3) is 5.44. The van der Waals surface area contributed by atoms with Crippen LogP contribution in [0.1, 0.15) is 73.6 Å². The Hall–Kier alpha value is -6.44. The zero-order valence-corrected chi connectivity index (χ0v) is 33.4. The molecule has 0 spiro atoms. The molecule has 0 heterocycles. The van der Waals surface area contributed by atoms with Gasteiger partial charge in [-0.15, -0.1) is 0 Å². The first kappa shape index (κ1) is 35.0. The first-order valence-electron chi connectivity index (χ1n) is 20.3. The average molecular weight is 734 g/mol. The Bertz CT molecular complexity index is 2730. The van der Waals surface area contributed by atoms with Gasteiger partial charge in [-0.1, -0.05) is 192 Å². The highest BCUT2D eigenvalue weighted by Crippen LogP contribution is 2.58. The fourth-order valence-corrected chi connectivity index (χ4v) is 9.82. The van der Waals surface area contributed by atoms with E-state index in [0.717, 1.165) is 17.1 Å². The largest absolute Gasteiger partial charge is 0.310 e. The van der Waals surface area contributed by atoms with E-state index in [2.05, 4.69) is 234 Å². The molecule has 0 fully saturated rings. The van der Waals surface area contributed by atoms with Gasteiger partial charge in [0.05, 0.1) is 5.41 Å². The molecule has 276 valence electrons. The number of nitrogens with zero attached hydrogens (tertiary/aromatic N) is 1. The van der Waals surface area contributed by atoms with E-state index in [-0.39, 0.29) is 10.8 Å². The van der Waals surface area contributed by atoms with E-state index in [9.17, 15) is 0 Å². The fraction of sp³-hybridized carbons (Fsp3) is 0.143. The minimum Gasteiger partial charge on any atom is -0.310 e. The van der Waals surface area contributed by atoms with Gasteiger partial charge in [-0.05, 0) is 114 Å². The summed E-state index contributed by atoms with van der Waals surface area (Å²) in [7, 11) is 0. The number of fused-ring (bicyclic) bond motifs is 6. The molecule has 0 aromatic heterocycles. The summed E-state index contributed by atoms with van der Waals surface area (Å²) in [6, 6.07) is 72.6. The van der Waals surface area contributed by atoms with Crippen LogP contribution in [0.5, 0.6) is 0 Å². The molecule has 0 saturated carbocycles. The lowest BCUT2D eigenvalue weighted by Gasteiger charge is -2.35. The summed E-state index contributed by atoms with van der Waals surface area (Å²) in [4.78, 5) is 2.47. The van der Waals surface area contributed by atoms with E-state index in [0.29, 0.717) is 0 Å². The van der Waals surface area contributed by atoms with Crippen LogP contribution in [-0.4, -0.2) is 0 Å². The van der Waals surface area contributed by atoms with Crippen LogP contribution in [0.3, 0.4) is 0 Å². The zero-order chi connectivity index (χ0) is 38.9. The lowest BCUT2D eigenvalue weighted by molar-refractivity contribution is 0.590. The molecule has 8 aromatic rings. The fourth-order valence-electron chi connectivity index (χ4n) is 9.82. The number of benzene rings is 8. The Morgan fingerprint density at radius 3 is 1.35 bits per heavy atom. The highest BCUT2D eigenvalue weighted by Gasteiger charge is 2.46. The van der Waals surface area contributed by atoms with Crippen molar-refractivity contribution in [3.05, 3.63) is 233 Å². The van der Waals surface area contributed by atoms with Crippen molar-refractivity contribution in [1.82, 2.24) is 0 Å². The third-order valence-electron chi connectivity index (χ3n) is 12.7. The van der Waals surface area contributed by atoms with Crippen LogP contribution in [0, 0.1) is 0 Å². The average Bonchev–Trinajstić information content (AvgIpc) is 3.67. The Labute approximate surface area is 337 Å². The van der Waals surface area contributed by atoms with Crippen LogP contribution in [0.4, 0.5) is 17.1 Å². The van der Waals surface area contributed by atoms with Crippen LogP contribution in [0.25, 0.3) is 33.4 Å². The van der Waals surface area contributed by atoms with Crippen LogP contribution in [-0.2, 0) is 16.2 Å². The van der Waals surface area contributed by atoms with Crippen LogP contribution in [0.15, 0.2) is 194 Å². The van der Waals surface area contributed by atoms with Gasteiger partial charge in [-0.2, -0.15) is 0 Å². The monoisotopic (exact) mass is 733 g/mol. The van der Waals surface area contributed by atoms with Gasteiger partial charge in [-0.25, -0.2) is 0 Å². The smallest absolute Gasteiger partial charge is 0.0714 e. The van der Waals surface area contributed by atoms with E-state index in [4.69, 9.17) is 0 Å². The molecule has 0 unspecified atom stereocenters. The standard InChI is InChI=1S/C56H47N/c1-54(2,3)40-28-24-38(25-29-40)39-26-30-43(31-27-39)57(44-32-34-48-46-20-12-14-22-50(46)55(4,5)52(48)36-44)45-33-35-49-47-21-13-15-23-51(47)56(53(49)37-45,41-16-8-6-9-17-41)42-18-10-7-11-19-42/h6-37H,1-5H3. The molecule has 2 aliphatic carbocycles. The van der Waals surface area contributed by atoms with Crippen LogP contribution in [0.2, 0.25) is 0 Å². The minimum atomic E-state index is -0.485. The summed E-state index contributed by atoms with van der Waals surface area (Å²) in [5, 5.41) is 0.